The van der Waals surface area contributed by atoms with E-state index in [2.05, 4.69) is 6.58 Å². The van der Waals surface area contributed by atoms with E-state index in [1.54, 1.807) is 13.8 Å². The fourth-order valence-corrected chi connectivity index (χ4v) is 0.508. The summed E-state index contributed by atoms with van der Waals surface area (Å²) in [6, 6.07) is 0. The van der Waals surface area contributed by atoms with Gasteiger partial charge in [-0.05, 0) is 19.9 Å². The average molecular weight is 127 g/mol. The second-order valence-corrected chi connectivity index (χ2v) is 1.71. The standard InChI is InChI=1S/C6H9NO2/c1-4-6(5(2)3)7(8)9/h4H,2H2,1,3H3/b6-4+. The molecule has 50 valence electrons. The molecule has 0 aromatic carbocycles. The van der Waals surface area contributed by atoms with Gasteiger partial charge in [0.25, 0.3) is 5.70 Å². The second-order valence-electron chi connectivity index (χ2n) is 1.71. The van der Waals surface area contributed by atoms with Crippen LogP contribution in [0.1, 0.15) is 13.8 Å². The number of hydrogen-bond acceptors (Lipinski definition) is 2. The van der Waals surface area contributed by atoms with Crippen molar-refractivity contribution in [2.45, 2.75) is 13.8 Å². The molecular formula is C6H9NO2. The molecule has 0 aromatic rings. The van der Waals surface area contributed by atoms with E-state index in [9.17, 15) is 10.1 Å². The summed E-state index contributed by atoms with van der Waals surface area (Å²) in [5.74, 6) is 0. The summed E-state index contributed by atoms with van der Waals surface area (Å²) in [4.78, 5) is 9.61. The largest absolute Gasteiger partial charge is 0.267 e. The van der Waals surface area contributed by atoms with Crippen LogP contribution < -0.4 is 0 Å². The molecule has 0 aliphatic rings. The van der Waals surface area contributed by atoms with E-state index in [0.717, 1.165) is 0 Å². The Kier molecular flexibility index (Phi) is 2.64. The van der Waals surface area contributed by atoms with Crippen molar-refractivity contribution in [3.8, 4) is 0 Å². The summed E-state index contributed by atoms with van der Waals surface area (Å²) in [5.41, 5.74) is 0.581. The number of allylic oxidation sites excluding steroid dienone is 2. The number of nitrogens with zero attached hydrogens (tertiary/aromatic N) is 1. The van der Waals surface area contributed by atoms with E-state index in [4.69, 9.17) is 0 Å². The van der Waals surface area contributed by atoms with E-state index in [-0.39, 0.29) is 5.70 Å². The molecule has 0 unspecified atom stereocenters. The fraction of sp³-hybridized carbons (Fsp3) is 0.333. The molecule has 0 radical (unpaired) electrons. The quantitative estimate of drug-likeness (QED) is 0.322. The van der Waals surface area contributed by atoms with Gasteiger partial charge in [-0.3, -0.25) is 10.1 Å². The summed E-state index contributed by atoms with van der Waals surface area (Å²) < 4.78 is 0. The summed E-state index contributed by atoms with van der Waals surface area (Å²) in [7, 11) is 0. The summed E-state index contributed by atoms with van der Waals surface area (Å²) in [6.07, 6.45) is 1.43. The van der Waals surface area contributed by atoms with Gasteiger partial charge in [0.2, 0.25) is 0 Å². The van der Waals surface area contributed by atoms with Crippen LogP contribution in [0.5, 0.6) is 0 Å². The van der Waals surface area contributed by atoms with Gasteiger partial charge in [0.15, 0.2) is 0 Å². The third-order valence-electron chi connectivity index (χ3n) is 0.907. The lowest BCUT2D eigenvalue weighted by atomic mass is 10.2. The zero-order valence-corrected chi connectivity index (χ0v) is 5.55. The van der Waals surface area contributed by atoms with Crippen LogP contribution in [-0.2, 0) is 0 Å². The van der Waals surface area contributed by atoms with Crippen LogP contribution >= 0.6 is 0 Å². The lowest BCUT2D eigenvalue weighted by Gasteiger charge is -1.91. The molecule has 3 nitrogen and oxygen atoms in total. The minimum atomic E-state index is -0.442. The average Bonchev–Trinajstić information content (AvgIpc) is 1.64. The van der Waals surface area contributed by atoms with Crippen LogP contribution in [0.25, 0.3) is 0 Å². The van der Waals surface area contributed by atoms with Crippen molar-refractivity contribution >= 4 is 0 Å². The Labute approximate surface area is 53.8 Å². The van der Waals surface area contributed by atoms with E-state index >= 15 is 0 Å². The molecule has 0 atom stereocenters. The molecule has 0 N–H and O–H groups in total. The molecule has 0 aliphatic carbocycles. The third-order valence-corrected chi connectivity index (χ3v) is 0.907. The Morgan fingerprint density at radius 2 is 2.22 bits per heavy atom. The van der Waals surface area contributed by atoms with Gasteiger partial charge in [-0.25, -0.2) is 0 Å². The van der Waals surface area contributed by atoms with Crippen LogP contribution in [0, 0.1) is 10.1 Å². The first-order valence-corrected chi connectivity index (χ1v) is 2.56. The molecule has 0 heterocycles. The van der Waals surface area contributed by atoms with E-state index in [1.165, 1.54) is 6.08 Å². The molecule has 3 heteroatoms. The van der Waals surface area contributed by atoms with Crippen molar-refractivity contribution < 1.29 is 4.92 Å². The van der Waals surface area contributed by atoms with Gasteiger partial charge in [0.05, 0.1) is 4.92 Å². The van der Waals surface area contributed by atoms with Crippen LogP contribution in [0.3, 0.4) is 0 Å². The SMILES string of the molecule is C=C(C)/C(=C\C)[N+](=O)[O-]. The highest BCUT2D eigenvalue weighted by molar-refractivity contribution is 5.17. The highest BCUT2D eigenvalue weighted by Crippen LogP contribution is 2.05. The van der Waals surface area contributed by atoms with Crippen molar-refractivity contribution in [2.24, 2.45) is 0 Å². The van der Waals surface area contributed by atoms with Crippen molar-refractivity contribution in [3.63, 3.8) is 0 Å². The van der Waals surface area contributed by atoms with Crippen LogP contribution in [0.15, 0.2) is 23.9 Å². The molecule has 0 rings (SSSR count). The zero-order chi connectivity index (χ0) is 7.44. The lowest BCUT2D eigenvalue weighted by Crippen LogP contribution is -1.97. The molecule has 0 aliphatic heterocycles. The minimum Gasteiger partial charge on any atom is -0.258 e. The summed E-state index contributed by atoms with van der Waals surface area (Å²) in [6.45, 7) is 6.66. The predicted molar refractivity (Wildman–Crippen MR) is 35.6 cm³/mol. The van der Waals surface area contributed by atoms with Crippen LogP contribution in [0.4, 0.5) is 0 Å². The van der Waals surface area contributed by atoms with Gasteiger partial charge in [-0.15, -0.1) is 0 Å². The Hall–Kier alpha value is -1.12. The molecular weight excluding hydrogens is 118 g/mol. The Balaban J connectivity index is 4.38. The summed E-state index contributed by atoms with van der Waals surface area (Å²) in [5, 5.41) is 10.0. The van der Waals surface area contributed by atoms with Crippen LogP contribution in [0.2, 0.25) is 0 Å². The number of hydrogen-bond donors (Lipinski definition) is 0. The zero-order valence-electron chi connectivity index (χ0n) is 5.55. The highest BCUT2D eigenvalue weighted by Gasteiger charge is 2.07. The molecule has 0 fully saturated rings. The maximum absolute atomic E-state index is 10.0. The van der Waals surface area contributed by atoms with E-state index < -0.39 is 4.92 Å². The molecule has 0 aromatic heterocycles. The van der Waals surface area contributed by atoms with Gasteiger partial charge >= 0.3 is 0 Å². The molecule has 0 saturated heterocycles. The normalized spacial score (nSPS) is 11.1. The smallest absolute Gasteiger partial charge is 0.258 e. The highest BCUT2D eigenvalue weighted by atomic mass is 16.6. The van der Waals surface area contributed by atoms with Crippen molar-refractivity contribution in [2.75, 3.05) is 0 Å². The van der Waals surface area contributed by atoms with Gasteiger partial charge in [0, 0.05) is 5.57 Å². The van der Waals surface area contributed by atoms with Crippen molar-refractivity contribution in [3.05, 3.63) is 34.0 Å². The van der Waals surface area contributed by atoms with E-state index in [0.29, 0.717) is 5.57 Å². The van der Waals surface area contributed by atoms with Gasteiger partial charge in [0.1, 0.15) is 0 Å². The Morgan fingerprint density at radius 1 is 1.78 bits per heavy atom. The predicted octanol–water partition coefficient (Wildman–Crippen LogP) is 1.74. The maximum Gasteiger partial charge on any atom is 0.267 e. The first-order chi connectivity index (χ1) is 4.09. The molecule has 0 saturated carbocycles. The molecule has 0 amide bonds. The minimum absolute atomic E-state index is 0.0926. The molecule has 0 spiro atoms. The lowest BCUT2D eigenvalue weighted by molar-refractivity contribution is -0.420. The van der Waals surface area contributed by atoms with Gasteiger partial charge in [-0.2, -0.15) is 0 Å². The van der Waals surface area contributed by atoms with Gasteiger partial charge < -0.3 is 0 Å². The summed E-state index contributed by atoms with van der Waals surface area (Å²) >= 11 is 0. The third kappa shape index (κ3) is 2.08. The fourth-order valence-electron chi connectivity index (χ4n) is 0.508. The molecule has 9 heavy (non-hydrogen) atoms. The Morgan fingerprint density at radius 3 is 2.22 bits per heavy atom. The van der Waals surface area contributed by atoms with Gasteiger partial charge in [-0.1, -0.05) is 6.58 Å². The number of nitro groups is 1. The monoisotopic (exact) mass is 127 g/mol. The Bertz CT molecular complexity index is 154. The van der Waals surface area contributed by atoms with Crippen molar-refractivity contribution in [1.29, 1.82) is 0 Å². The van der Waals surface area contributed by atoms with E-state index in [1.807, 2.05) is 0 Å². The molecule has 0 bridgehead atoms. The topological polar surface area (TPSA) is 43.1 Å². The van der Waals surface area contributed by atoms with Crippen LogP contribution in [-0.4, -0.2) is 4.92 Å². The second kappa shape index (κ2) is 3.02. The first kappa shape index (κ1) is 7.88. The van der Waals surface area contributed by atoms with Crippen molar-refractivity contribution in [1.82, 2.24) is 0 Å². The first-order valence-electron chi connectivity index (χ1n) is 2.56. The maximum atomic E-state index is 10.0. The number of rotatable bonds is 2.